The molecule has 0 aliphatic heterocycles. The smallest absolute Gasteiger partial charge is 0.272 e. The first-order chi connectivity index (χ1) is 8.34. The van der Waals surface area contributed by atoms with E-state index in [-0.39, 0.29) is 5.56 Å². The van der Waals surface area contributed by atoms with Crippen LogP contribution in [0.2, 0.25) is 0 Å². The predicted octanol–water partition coefficient (Wildman–Crippen LogP) is 2.38. The minimum absolute atomic E-state index is 0.0385. The van der Waals surface area contributed by atoms with Crippen molar-refractivity contribution in [2.45, 2.75) is 6.54 Å². The van der Waals surface area contributed by atoms with Crippen molar-refractivity contribution in [3.8, 4) is 0 Å². The SMILES string of the molecule is O=c1[nH]ccc2ccn(Cc3ccccc3)c12. The second-order valence-electron chi connectivity index (χ2n) is 4.04. The Morgan fingerprint density at radius 3 is 2.71 bits per heavy atom. The van der Waals surface area contributed by atoms with Crippen molar-refractivity contribution in [2.75, 3.05) is 0 Å². The molecule has 1 aromatic carbocycles. The molecule has 2 heterocycles. The highest BCUT2D eigenvalue weighted by Gasteiger charge is 2.04. The molecule has 0 saturated carbocycles. The summed E-state index contributed by atoms with van der Waals surface area (Å²) in [5.74, 6) is 0. The van der Waals surface area contributed by atoms with Crippen molar-refractivity contribution in [3.05, 3.63) is 70.8 Å². The molecule has 0 fully saturated rings. The van der Waals surface area contributed by atoms with Gasteiger partial charge in [0.25, 0.3) is 5.56 Å². The Labute approximate surface area is 98.3 Å². The van der Waals surface area contributed by atoms with E-state index >= 15 is 0 Å². The van der Waals surface area contributed by atoms with Crippen molar-refractivity contribution in [2.24, 2.45) is 0 Å². The molecule has 1 N–H and O–H groups in total. The number of hydrogen-bond donors (Lipinski definition) is 1. The van der Waals surface area contributed by atoms with Gasteiger partial charge in [0.05, 0.1) is 0 Å². The molecule has 84 valence electrons. The summed E-state index contributed by atoms with van der Waals surface area (Å²) in [5.41, 5.74) is 1.88. The maximum atomic E-state index is 11.8. The first kappa shape index (κ1) is 9.90. The average molecular weight is 224 g/mol. The van der Waals surface area contributed by atoms with E-state index in [4.69, 9.17) is 0 Å². The first-order valence-corrected chi connectivity index (χ1v) is 5.55. The van der Waals surface area contributed by atoms with E-state index in [1.54, 1.807) is 6.20 Å². The van der Waals surface area contributed by atoms with E-state index in [1.165, 1.54) is 5.56 Å². The fourth-order valence-corrected chi connectivity index (χ4v) is 2.07. The van der Waals surface area contributed by atoms with Gasteiger partial charge in [0.2, 0.25) is 0 Å². The van der Waals surface area contributed by atoms with Gasteiger partial charge in [-0.05, 0) is 17.7 Å². The van der Waals surface area contributed by atoms with Crippen molar-refractivity contribution in [3.63, 3.8) is 0 Å². The zero-order chi connectivity index (χ0) is 11.7. The molecule has 17 heavy (non-hydrogen) atoms. The van der Waals surface area contributed by atoms with Crippen LogP contribution in [0.25, 0.3) is 10.9 Å². The highest BCUT2D eigenvalue weighted by Crippen LogP contribution is 2.12. The lowest BCUT2D eigenvalue weighted by molar-refractivity contribution is 0.831. The summed E-state index contributed by atoms with van der Waals surface area (Å²) in [7, 11) is 0. The van der Waals surface area contributed by atoms with Crippen molar-refractivity contribution in [1.82, 2.24) is 9.55 Å². The number of fused-ring (bicyclic) bond motifs is 1. The van der Waals surface area contributed by atoms with E-state index < -0.39 is 0 Å². The quantitative estimate of drug-likeness (QED) is 0.713. The van der Waals surface area contributed by atoms with E-state index in [0.717, 1.165) is 17.4 Å². The van der Waals surface area contributed by atoms with E-state index in [2.05, 4.69) is 17.1 Å². The summed E-state index contributed by atoms with van der Waals surface area (Å²) in [6.07, 6.45) is 3.63. The number of pyridine rings is 1. The van der Waals surface area contributed by atoms with Crippen molar-refractivity contribution in [1.29, 1.82) is 0 Å². The number of benzene rings is 1. The van der Waals surface area contributed by atoms with E-state index in [0.29, 0.717) is 0 Å². The maximum absolute atomic E-state index is 11.8. The highest BCUT2D eigenvalue weighted by molar-refractivity contribution is 5.78. The average Bonchev–Trinajstić information content (AvgIpc) is 2.75. The van der Waals surface area contributed by atoms with Gasteiger partial charge in [-0.15, -0.1) is 0 Å². The monoisotopic (exact) mass is 224 g/mol. The summed E-state index contributed by atoms with van der Waals surface area (Å²) < 4.78 is 1.98. The molecule has 3 rings (SSSR count). The number of H-pyrrole nitrogens is 1. The van der Waals surface area contributed by atoms with E-state index in [1.807, 2.05) is 41.1 Å². The summed E-state index contributed by atoms with van der Waals surface area (Å²) in [6, 6.07) is 14.0. The van der Waals surface area contributed by atoms with Gasteiger partial charge in [-0.2, -0.15) is 0 Å². The van der Waals surface area contributed by atoms with Gasteiger partial charge in [-0.3, -0.25) is 4.79 Å². The molecule has 0 aliphatic carbocycles. The van der Waals surface area contributed by atoms with Crippen molar-refractivity contribution < 1.29 is 0 Å². The summed E-state index contributed by atoms with van der Waals surface area (Å²) >= 11 is 0. The summed E-state index contributed by atoms with van der Waals surface area (Å²) in [4.78, 5) is 14.5. The topological polar surface area (TPSA) is 37.8 Å². The molecule has 0 aliphatic rings. The molecule has 2 aromatic heterocycles. The molecule has 0 amide bonds. The lowest BCUT2D eigenvalue weighted by atomic mass is 10.2. The molecule has 3 heteroatoms. The molecule has 0 bridgehead atoms. The van der Waals surface area contributed by atoms with Crippen LogP contribution in [-0.4, -0.2) is 9.55 Å². The van der Waals surface area contributed by atoms with Crippen LogP contribution in [-0.2, 0) is 6.54 Å². The first-order valence-electron chi connectivity index (χ1n) is 5.55. The Morgan fingerprint density at radius 2 is 1.88 bits per heavy atom. The highest BCUT2D eigenvalue weighted by atomic mass is 16.1. The Hall–Kier alpha value is -2.29. The van der Waals surface area contributed by atoms with Gasteiger partial charge >= 0.3 is 0 Å². The standard InChI is InChI=1S/C14H12N2O/c17-14-13-12(6-8-15-14)7-9-16(13)10-11-4-2-1-3-5-11/h1-9H,10H2,(H,15,17). The van der Waals surface area contributed by atoms with Crippen LogP contribution in [0.15, 0.2) is 59.7 Å². The van der Waals surface area contributed by atoms with Gasteiger partial charge in [0, 0.05) is 24.3 Å². The van der Waals surface area contributed by atoms with E-state index in [9.17, 15) is 4.79 Å². The normalized spacial score (nSPS) is 10.8. The lowest BCUT2D eigenvalue weighted by Crippen LogP contribution is -2.10. The molecule has 0 atom stereocenters. The third-order valence-electron chi connectivity index (χ3n) is 2.88. The molecule has 3 nitrogen and oxygen atoms in total. The van der Waals surface area contributed by atoms with Crippen molar-refractivity contribution >= 4 is 10.9 Å². The van der Waals surface area contributed by atoms with Gasteiger partial charge < -0.3 is 9.55 Å². The second-order valence-corrected chi connectivity index (χ2v) is 4.04. The molecule has 0 unspecified atom stereocenters. The Bertz CT molecular complexity index is 695. The van der Waals surface area contributed by atoms with Crippen LogP contribution in [0.1, 0.15) is 5.56 Å². The molecule has 0 spiro atoms. The zero-order valence-corrected chi connectivity index (χ0v) is 9.26. The Balaban J connectivity index is 2.10. The third-order valence-corrected chi connectivity index (χ3v) is 2.88. The zero-order valence-electron chi connectivity index (χ0n) is 9.26. The van der Waals surface area contributed by atoms with Gasteiger partial charge in [0.15, 0.2) is 0 Å². The fourth-order valence-electron chi connectivity index (χ4n) is 2.07. The molecule has 3 aromatic rings. The van der Waals surface area contributed by atoms with Crippen LogP contribution < -0.4 is 5.56 Å². The second kappa shape index (κ2) is 3.94. The Morgan fingerprint density at radius 1 is 1.06 bits per heavy atom. The lowest BCUT2D eigenvalue weighted by Gasteiger charge is -2.04. The van der Waals surface area contributed by atoms with Gasteiger partial charge in [-0.1, -0.05) is 30.3 Å². The predicted molar refractivity (Wildman–Crippen MR) is 68.1 cm³/mol. The molecule has 0 saturated heterocycles. The van der Waals surface area contributed by atoms with Crippen LogP contribution in [0.4, 0.5) is 0 Å². The minimum atomic E-state index is -0.0385. The number of rotatable bonds is 2. The van der Waals surface area contributed by atoms with Crippen LogP contribution in [0, 0.1) is 0 Å². The number of aromatic nitrogens is 2. The van der Waals surface area contributed by atoms with Gasteiger partial charge in [-0.25, -0.2) is 0 Å². The van der Waals surface area contributed by atoms with Crippen LogP contribution in [0.3, 0.4) is 0 Å². The third kappa shape index (κ3) is 1.76. The maximum Gasteiger partial charge on any atom is 0.272 e. The van der Waals surface area contributed by atoms with Gasteiger partial charge in [0.1, 0.15) is 5.52 Å². The largest absolute Gasteiger partial charge is 0.339 e. The summed E-state index contributed by atoms with van der Waals surface area (Å²) in [6.45, 7) is 0.720. The molecule has 0 radical (unpaired) electrons. The molecular weight excluding hydrogens is 212 g/mol. The van der Waals surface area contributed by atoms with Crippen LogP contribution in [0.5, 0.6) is 0 Å². The number of aromatic amines is 1. The number of nitrogens with zero attached hydrogens (tertiary/aromatic N) is 1. The van der Waals surface area contributed by atoms with Crippen LogP contribution >= 0.6 is 0 Å². The number of nitrogens with one attached hydrogen (secondary N) is 1. The fraction of sp³-hybridized carbons (Fsp3) is 0.0714. The summed E-state index contributed by atoms with van der Waals surface area (Å²) in [5, 5.41) is 0.977. The Kier molecular flexibility index (Phi) is 2.29. The minimum Gasteiger partial charge on any atom is -0.339 e. The number of hydrogen-bond acceptors (Lipinski definition) is 1. The molecular formula is C14H12N2O.